The number of halogens is 2. The van der Waals surface area contributed by atoms with Gasteiger partial charge in [-0.15, -0.1) is 0 Å². The summed E-state index contributed by atoms with van der Waals surface area (Å²) in [5.74, 6) is 0.637. The molecule has 2 unspecified atom stereocenters. The monoisotopic (exact) mass is 275 g/mol. The Kier molecular flexibility index (Phi) is 6.10. The van der Waals surface area contributed by atoms with Gasteiger partial charge < -0.3 is 10.1 Å². The van der Waals surface area contributed by atoms with E-state index in [4.69, 9.17) is 27.9 Å². The van der Waals surface area contributed by atoms with Crippen LogP contribution in [0.1, 0.15) is 27.2 Å². The van der Waals surface area contributed by atoms with Gasteiger partial charge in [-0.25, -0.2) is 0 Å². The van der Waals surface area contributed by atoms with E-state index in [0.29, 0.717) is 21.8 Å². The zero-order valence-corrected chi connectivity index (χ0v) is 12.0. The van der Waals surface area contributed by atoms with E-state index in [2.05, 4.69) is 19.2 Å². The molecule has 0 bridgehead atoms. The molecule has 96 valence electrons. The average Bonchev–Trinajstić information content (AvgIpc) is 2.32. The molecule has 0 aromatic heterocycles. The fourth-order valence-electron chi connectivity index (χ4n) is 1.34. The van der Waals surface area contributed by atoms with E-state index in [1.807, 2.05) is 19.1 Å². The van der Waals surface area contributed by atoms with Crippen LogP contribution in [0.2, 0.25) is 10.0 Å². The third-order valence-electron chi connectivity index (χ3n) is 2.61. The first-order valence-corrected chi connectivity index (χ1v) is 6.64. The van der Waals surface area contributed by atoms with Crippen molar-refractivity contribution in [2.75, 3.05) is 6.54 Å². The first-order valence-electron chi connectivity index (χ1n) is 5.88. The smallest absolute Gasteiger partial charge is 0.139 e. The predicted octanol–water partition coefficient (Wildman–Crippen LogP) is 4.15. The van der Waals surface area contributed by atoms with Gasteiger partial charge in [-0.3, -0.25) is 0 Å². The fraction of sp³-hybridized carbons (Fsp3) is 0.538. The lowest BCUT2D eigenvalue weighted by Gasteiger charge is -2.19. The van der Waals surface area contributed by atoms with Gasteiger partial charge in [0.2, 0.25) is 0 Å². The molecule has 0 aliphatic heterocycles. The first kappa shape index (κ1) is 14.6. The Balaban J connectivity index is 2.50. The van der Waals surface area contributed by atoms with E-state index < -0.39 is 0 Å². The molecule has 0 saturated carbocycles. The van der Waals surface area contributed by atoms with E-state index in [1.54, 1.807) is 6.07 Å². The maximum Gasteiger partial charge on any atom is 0.139 e. The largest absolute Gasteiger partial charge is 0.488 e. The number of nitrogens with one attached hydrogen (secondary N) is 1. The van der Waals surface area contributed by atoms with Crippen LogP contribution in [0.3, 0.4) is 0 Å². The van der Waals surface area contributed by atoms with Crippen molar-refractivity contribution in [1.82, 2.24) is 5.32 Å². The highest BCUT2D eigenvalue weighted by molar-refractivity contribution is 6.42. The lowest BCUT2D eigenvalue weighted by atomic mass is 10.2. The number of benzene rings is 1. The van der Waals surface area contributed by atoms with Gasteiger partial charge in [-0.2, -0.15) is 0 Å². The molecule has 0 saturated heterocycles. The van der Waals surface area contributed by atoms with Crippen molar-refractivity contribution in [2.24, 2.45) is 0 Å². The highest BCUT2D eigenvalue weighted by Crippen LogP contribution is 2.31. The Bertz CT molecular complexity index is 357. The van der Waals surface area contributed by atoms with Crippen LogP contribution < -0.4 is 10.1 Å². The van der Waals surface area contributed by atoms with Crippen LogP contribution in [0.4, 0.5) is 0 Å². The quantitative estimate of drug-likeness (QED) is 0.842. The third kappa shape index (κ3) is 4.74. The topological polar surface area (TPSA) is 21.3 Å². The average molecular weight is 276 g/mol. The molecule has 4 heteroatoms. The fourth-order valence-corrected chi connectivity index (χ4v) is 1.68. The van der Waals surface area contributed by atoms with Gasteiger partial charge in [0.25, 0.3) is 0 Å². The van der Waals surface area contributed by atoms with Crippen molar-refractivity contribution in [2.45, 2.75) is 39.3 Å². The Hall–Kier alpha value is -0.440. The van der Waals surface area contributed by atoms with E-state index >= 15 is 0 Å². The van der Waals surface area contributed by atoms with Gasteiger partial charge in [-0.05, 0) is 32.4 Å². The minimum absolute atomic E-state index is 0.0555. The summed E-state index contributed by atoms with van der Waals surface area (Å²) in [7, 11) is 0. The predicted molar refractivity (Wildman–Crippen MR) is 74.3 cm³/mol. The maximum atomic E-state index is 6.05. The molecule has 17 heavy (non-hydrogen) atoms. The molecule has 0 aliphatic rings. The second-order valence-electron chi connectivity index (χ2n) is 4.20. The van der Waals surface area contributed by atoms with Crippen molar-refractivity contribution in [3.63, 3.8) is 0 Å². The van der Waals surface area contributed by atoms with Gasteiger partial charge in [0.05, 0.1) is 5.02 Å². The molecule has 1 N–H and O–H groups in total. The summed E-state index contributed by atoms with van der Waals surface area (Å²) in [5.41, 5.74) is 0. The molecule has 0 amide bonds. The molecule has 1 aromatic carbocycles. The van der Waals surface area contributed by atoms with Crippen LogP contribution in [0.5, 0.6) is 5.75 Å². The summed E-state index contributed by atoms with van der Waals surface area (Å²) in [6.07, 6.45) is 1.16. The van der Waals surface area contributed by atoms with Crippen LogP contribution in [-0.4, -0.2) is 18.7 Å². The van der Waals surface area contributed by atoms with Crippen LogP contribution in [0.15, 0.2) is 18.2 Å². The Morgan fingerprint density at radius 1 is 1.29 bits per heavy atom. The summed E-state index contributed by atoms with van der Waals surface area (Å²) in [4.78, 5) is 0. The van der Waals surface area contributed by atoms with Crippen LogP contribution in [0.25, 0.3) is 0 Å². The van der Waals surface area contributed by atoms with Crippen molar-refractivity contribution < 1.29 is 4.74 Å². The minimum atomic E-state index is 0.0555. The Morgan fingerprint density at radius 2 is 2.00 bits per heavy atom. The molecule has 2 nitrogen and oxygen atoms in total. The molecule has 0 radical (unpaired) electrons. The summed E-state index contributed by atoms with van der Waals surface area (Å²) in [6.45, 7) is 7.10. The lowest BCUT2D eigenvalue weighted by molar-refractivity contribution is 0.212. The molecule has 1 aromatic rings. The molecule has 0 spiro atoms. The zero-order chi connectivity index (χ0) is 12.8. The van der Waals surface area contributed by atoms with Gasteiger partial charge in [0, 0.05) is 12.6 Å². The summed E-state index contributed by atoms with van der Waals surface area (Å²) in [5, 5.41) is 4.38. The van der Waals surface area contributed by atoms with E-state index in [9.17, 15) is 0 Å². The second-order valence-corrected chi connectivity index (χ2v) is 4.98. The second kappa shape index (κ2) is 7.10. The van der Waals surface area contributed by atoms with Crippen molar-refractivity contribution in [3.8, 4) is 5.75 Å². The molecule has 0 fully saturated rings. The SMILES string of the molecule is CCC(C)NCC(C)Oc1cccc(Cl)c1Cl. The highest BCUT2D eigenvalue weighted by atomic mass is 35.5. The maximum absolute atomic E-state index is 6.05. The molecule has 2 atom stereocenters. The van der Waals surface area contributed by atoms with Gasteiger partial charge >= 0.3 is 0 Å². The van der Waals surface area contributed by atoms with Crippen LogP contribution in [0, 0.1) is 0 Å². The first-order chi connectivity index (χ1) is 8.04. The molecule has 1 rings (SSSR count). The van der Waals surface area contributed by atoms with E-state index in [-0.39, 0.29) is 6.10 Å². The highest BCUT2D eigenvalue weighted by Gasteiger charge is 2.10. The van der Waals surface area contributed by atoms with Crippen LogP contribution in [-0.2, 0) is 0 Å². The van der Waals surface area contributed by atoms with Crippen molar-refractivity contribution in [3.05, 3.63) is 28.2 Å². The third-order valence-corrected chi connectivity index (χ3v) is 3.41. The number of rotatable bonds is 6. The van der Waals surface area contributed by atoms with E-state index in [0.717, 1.165) is 13.0 Å². The molecule has 0 aliphatic carbocycles. The standard InChI is InChI=1S/C13H19Cl2NO/c1-4-9(2)16-8-10(3)17-12-7-5-6-11(14)13(12)15/h5-7,9-10,16H,4,8H2,1-3H3. The Morgan fingerprint density at radius 3 is 2.65 bits per heavy atom. The summed E-state index contributed by atoms with van der Waals surface area (Å²) >= 11 is 12.0. The summed E-state index contributed by atoms with van der Waals surface area (Å²) < 4.78 is 5.74. The zero-order valence-electron chi connectivity index (χ0n) is 10.5. The minimum Gasteiger partial charge on any atom is -0.488 e. The summed E-state index contributed by atoms with van der Waals surface area (Å²) in [6, 6.07) is 5.90. The van der Waals surface area contributed by atoms with E-state index in [1.165, 1.54) is 0 Å². The number of hydrogen-bond donors (Lipinski definition) is 1. The normalized spacial score (nSPS) is 14.4. The molecule has 0 heterocycles. The Labute approximate surface area is 113 Å². The van der Waals surface area contributed by atoms with Gasteiger partial charge in [0.15, 0.2) is 0 Å². The van der Waals surface area contributed by atoms with Gasteiger partial charge in [-0.1, -0.05) is 36.2 Å². The molecular weight excluding hydrogens is 257 g/mol. The number of hydrogen-bond acceptors (Lipinski definition) is 2. The number of ether oxygens (including phenoxy) is 1. The van der Waals surface area contributed by atoms with Crippen LogP contribution >= 0.6 is 23.2 Å². The van der Waals surface area contributed by atoms with Crippen molar-refractivity contribution >= 4 is 23.2 Å². The lowest BCUT2D eigenvalue weighted by Crippen LogP contribution is -2.34. The van der Waals surface area contributed by atoms with Gasteiger partial charge in [0.1, 0.15) is 16.9 Å². The van der Waals surface area contributed by atoms with Crippen molar-refractivity contribution in [1.29, 1.82) is 0 Å². The molecular formula is C13H19Cl2NO.